The van der Waals surface area contributed by atoms with Gasteiger partial charge in [0.25, 0.3) is 0 Å². The molecule has 0 spiro atoms. The van der Waals surface area contributed by atoms with Crippen LogP contribution in [0, 0.1) is 0 Å². The molecule has 0 aliphatic heterocycles. The molecular formula is C6H16F2O. The molecule has 0 saturated carbocycles. The van der Waals surface area contributed by atoms with Gasteiger partial charge in [0.2, 0.25) is 0 Å². The van der Waals surface area contributed by atoms with Gasteiger partial charge in [0.05, 0.1) is 6.67 Å². The number of halogens is 2. The first-order valence-electron chi connectivity index (χ1n) is 2.79. The van der Waals surface area contributed by atoms with Crippen molar-refractivity contribution < 1.29 is 13.8 Å². The van der Waals surface area contributed by atoms with Crippen LogP contribution in [0.4, 0.5) is 9.09 Å². The van der Waals surface area contributed by atoms with E-state index in [1.165, 1.54) is 0 Å². The lowest BCUT2D eigenvalue weighted by molar-refractivity contribution is 0.277. The Kier molecular flexibility index (Phi) is 44.1. The smallest absolute Gasteiger partial charge is 0.0894 e. The van der Waals surface area contributed by atoms with Crippen molar-refractivity contribution in [2.45, 2.75) is 19.8 Å². The van der Waals surface area contributed by atoms with Crippen molar-refractivity contribution in [1.29, 1.82) is 0 Å². The van der Waals surface area contributed by atoms with Gasteiger partial charge in [-0.2, -0.15) is 0 Å². The second kappa shape index (κ2) is 24.9. The summed E-state index contributed by atoms with van der Waals surface area (Å²) in [6, 6.07) is 0. The van der Waals surface area contributed by atoms with Crippen LogP contribution in [-0.4, -0.2) is 20.9 Å². The molecule has 1 nitrogen and oxygen atoms in total. The van der Waals surface area contributed by atoms with Gasteiger partial charge in [0, 0.05) is 14.2 Å². The highest BCUT2D eigenvalue weighted by atomic mass is 19.1. The first-order valence-corrected chi connectivity index (χ1v) is 2.79. The summed E-state index contributed by atoms with van der Waals surface area (Å²) in [7, 11) is 3.25. The van der Waals surface area contributed by atoms with Crippen molar-refractivity contribution in [3.8, 4) is 0 Å². The number of hydrogen-bond acceptors (Lipinski definition) is 1. The molecule has 0 unspecified atom stereocenters. The van der Waals surface area contributed by atoms with Crippen molar-refractivity contribution in [3.05, 3.63) is 0 Å². The minimum absolute atomic E-state index is 0. The zero-order chi connectivity index (χ0) is 6.83. The summed E-state index contributed by atoms with van der Waals surface area (Å²) in [5, 5.41) is 0. The maximum absolute atomic E-state index is 11.0. The van der Waals surface area contributed by atoms with E-state index in [2.05, 4.69) is 4.74 Å². The summed E-state index contributed by atoms with van der Waals surface area (Å²) in [6.07, 6.45) is 1.69. The monoisotopic (exact) mass is 142 g/mol. The lowest BCUT2D eigenvalue weighted by Gasteiger charge is -1.76. The van der Waals surface area contributed by atoms with Gasteiger partial charge in [0.15, 0.2) is 0 Å². The Balaban J connectivity index is -0.0000000800. The van der Waals surface area contributed by atoms with E-state index in [9.17, 15) is 4.39 Å². The molecule has 0 N–H and O–H groups in total. The molecule has 0 aromatic rings. The Bertz CT molecular complexity index is 25.0. The van der Waals surface area contributed by atoms with Gasteiger partial charge in [-0.25, -0.2) is 0 Å². The van der Waals surface area contributed by atoms with E-state index in [4.69, 9.17) is 0 Å². The SMILES string of the molecule is CCCCF.COC.F. The molecule has 0 aliphatic rings. The highest BCUT2D eigenvalue weighted by molar-refractivity contribution is 4.23. The fourth-order valence-electron chi connectivity index (χ4n) is 0.134. The Hall–Kier alpha value is -0.180. The summed E-state index contributed by atoms with van der Waals surface area (Å²) in [6.45, 7) is 1.82. The van der Waals surface area contributed by atoms with Crippen molar-refractivity contribution in [3.63, 3.8) is 0 Å². The molecule has 0 aromatic heterocycles. The molecule has 0 atom stereocenters. The van der Waals surface area contributed by atoms with Crippen LogP contribution in [0.3, 0.4) is 0 Å². The highest BCUT2D eigenvalue weighted by Crippen LogP contribution is 1.83. The Morgan fingerprint density at radius 3 is 1.67 bits per heavy atom. The van der Waals surface area contributed by atoms with Gasteiger partial charge >= 0.3 is 0 Å². The number of alkyl halides is 1. The van der Waals surface area contributed by atoms with Crippen LogP contribution >= 0.6 is 0 Å². The van der Waals surface area contributed by atoms with Crippen LogP contribution in [-0.2, 0) is 4.74 Å². The van der Waals surface area contributed by atoms with E-state index in [-0.39, 0.29) is 11.4 Å². The molecule has 0 rings (SSSR count). The first kappa shape index (κ1) is 15.9. The fourth-order valence-corrected chi connectivity index (χ4v) is 0.134. The quantitative estimate of drug-likeness (QED) is 0.574. The molecule has 0 aromatic carbocycles. The Morgan fingerprint density at radius 2 is 1.67 bits per heavy atom. The zero-order valence-electron chi connectivity index (χ0n) is 6.32. The van der Waals surface area contributed by atoms with Crippen LogP contribution in [0.15, 0.2) is 0 Å². The van der Waals surface area contributed by atoms with Gasteiger partial charge in [-0.15, -0.1) is 0 Å². The van der Waals surface area contributed by atoms with Gasteiger partial charge in [-0.1, -0.05) is 13.3 Å². The standard InChI is InChI=1S/C4H9F.C2H6O.FH/c1-2-3-4-5;1-3-2;/h2-4H2,1H3;1-2H3;1H. The van der Waals surface area contributed by atoms with Crippen molar-refractivity contribution in [2.24, 2.45) is 0 Å². The first-order chi connectivity index (χ1) is 3.83. The summed E-state index contributed by atoms with van der Waals surface area (Å²) in [5.74, 6) is 0. The summed E-state index contributed by atoms with van der Waals surface area (Å²) in [4.78, 5) is 0. The molecule has 3 heteroatoms. The molecule has 0 radical (unpaired) electrons. The molecule has 0 amide bonds. The van der Waals surface area contributed by atoms with Crippen molar-refractivity contribution >= 4 is 0 Å². The average Bonchev–Trinajstić information content (AvgIpc) is 1.71. The van der Waals surface area contributed by atoms with Crippen LogP contribution in [0.2, 0.25) is 0 Å². The highest BCUT2D eigenvalue weighted by Gasteiger charge is 1.71. The number of hydrogen-bond donors (Lipinski definition) is 0. The Morgan fingerprint density at radius 1 is 1.33 bits per heavy atom. The molecule has 9 heavy (non-hydrogen) atoms. The van der Waals surface area contributed by atoms with Gasteiger partial charge in [-0.05, 0) is 6.42 Å². The summed E-state index contributed by atoms with van der Waals surface area (Å²) in [5.41, 5.74) is 0. The van der Waals surface area contributed by atoms with Gasteiger partial charge in [0.1, 0.15) is 0 Å². The molecule has 60 valence electrons. The predicted molar refractivity (Wildman–Crippen MR) is 36.3 cm³/mol. The van der Waals surface area contributed by atoms with E-state index in [1.807, 2.05) is 6.92 Å². The maximum Gasteiger partial charge on any atom is 0.0894 e. The zero-order valence-corrected chi connectivity index (χ0v) is 6.32. The summed E-state index contributed by atoms with van der Waals surface area (Å²) >= 11 is 0. The van der Waals surface area contributed by atoms with Crippen LogP contribution < -0.4 is 0 Å². The molecule has 0 heterocycles. The molecule has 0 saturated heterocycles. The van der Waals surface area contributed by atoms with Crippen LogP contribution in [0.5, 0.6) is 0 Å². The normalized spacial score (nSPS) is 6.67. The second-order valence-corrected chi connectivity index (χ2v) is 1.45. The average molecular weight is 142 g/mol. The second-order valence-electron chi connectivity index (χ2n) is 1.45. The topological polar surface area (TPSA) is 9.23 Å². The third-order valence-electron chi connectivity index (χ3n) is 0.487. The van der Waals surface area contributed by atoms with E-state index in [0.29, 0.717) is 0 Å². The fraction of sp³-hybridized carbons (Fsp3) is 1.00. The van der Waals surface area contributed by atoms with E-state index >= 15 is 0 Å². The minimum Gasteiger partial charge on any atom is -0.388 e. The summed E-state index contributed by atoms with van der Waals surface area (Å²) < 4.78 is 15.2. The van der Waals surface area contributed by atoms with Crippen molar-refractivity contribution in [2.75, 3.05) is 20.9 Å². The van der Waals surface area contributed by atoms with E-state index < -0.39 is 0 Å². The number of rotatable bonds is 2. The molecule has 0 aliphatic carbocycles. The van der Waals surface area contributed by atoms with Gasteiger partial charge in [-0.3, -0.25) is 9.09 Å². The lowest BCUT2D eigenvalue weighted by atomic mass is 10.4. The lowest BCUT2D eigenvalue weighted by Crippen LogP contribution is -1.67. The number of ether oxygens (including phenoxy) is 1. The van der Waals surface area contributed by atoms with E-state index in [0.717, 1.165) is 12.8 Å². The van der Waals surface area contributed by atoms with Crippen LogP contribution in [0.25, 0.3) is 0 Å². The Labute approximate surface area is 55.6 Å². The molecule has 0 bridgehead atoms. The third-order valence-corrected chi connectivity index (χ3v) is 0.487. The largest absolute Gasteiger partial charge is 0.388 e. The number of methoxy groups -OCH3 is 1. The predicted octanol–water partition coefficient (Wildman–Crippen LogP) is 2.17. The minimum atomic E-state index is -0.156. The molecule has 0 fully saturated rings. The van der Waals surface area contributed by atoms with Crippen LogP contribution in [0.1, 0.15) is 19.8 Å². The van der Waals surface area contributed by atoms with Gasteiger partial charge < -0.3 is 4.74 Å². The van der Waals surface area contributed by atoms with Crippen molar-refractivity contribution in [1.82, 2.24) is 0 Å². The number of unbranched alkanes of at least 4 members (excludes halogenated alkanes) is 1. The van der Waals surface area contributed by atoms with E-state index in [1.54, 1.807) is 14.2 Å². The maximum atomic E-state index is 11.0. The third kappa shape index (κ3) is 80.0. The molecular weight excluding hydrogens is 126 g/mol.